The predicted molar refractivity (Wildman–Crippen MR) is 82.9 cm³/mol. The number of thiophene rings is 1. The molecule has 2 rings (SSSR count). The Kier molecular flexibility index (Phi) is 4.59. The molecule has 0 N–H and O–H groups in total. The molecule has 0 aliphatic rings. The van der Waals surface area contributed by atoms with E-state index in [1.54, 1.807) is 23.3 Å². The molecule has 0 bridgehead atoms. The van der Waals surface area contributed by atoms with E-state index in [4.69, 9.17) is 11.6 Å². The fourth-order valence-electron chi connectivity index (χ4n) is 1.88. The first kappa shape index (κ1) is 15.5. The third-order valence-corrected chi connectivity index (χ3v) is 4.61. The number of carbonyl (C=O) groups excluding carboxylic acids is 1. The highest BCUT2D eigenvalue weighted by Gasteiger charge is 2.22. The first-order chi connectivity index (χ1) is 9.91. The van der Waals surface area contributed by atoms with Crippen LogP contribution in [0.4, 0.5) is 5.69 Å². The van der Waals surface area contributed by atoms with E-state index in [0.29, 0.717) is 0 Å². The average Bonchev–Trinajstić information content (AvgIpc) is 2.99. The molecule has 1 unspecified atom stereocenters. The summed E-state index contributed by atoms with van der Waals surface area (Å²) in [5.41, 5.74) is -0.0169. The molecule has 2 aromatic rings. The standard InChI is InChI=1S/C14H13ClN2O3S/c1-9(13-4-3-7-21-13)16(2)14(18)10-5-6-11(15)12(8-10)17(19)20/h3-9H,1-2H3. The van der Waals surface area contributed by atoms with Crippen molar-refractivity contribution < 1.29 is 9.72 Å². The van der Waals surface area contributed by atoms with Gasteiger partial charge in [0.05, 0.1) is 11.0 Å². The van der Waals surface area contributed by atoms with Gasteiger partial charge in [-0.3, -0.25) is 14.9 Å². The van der Waals surface area contributed by atoms with Gasteiger partial charge in [-0.05, 0) is 30.5 Å². The number of hydrogen-bond acceptors (Lipinski definition) is 4. The van der Waals surface area contributed by atoms with Crippen LogP contribution < -0.4 is 0 Å². The second-order valence-corrected chi connectivity index (χ2v) is 5.92. The van der Waals surface area contributed by atoms with Crippen LogP contribution in [-0.4, -0.2) is 22.8 Å². The minimum atomic E-state index is -0.595. The van der Waals surface area contributed by atoms with Gasteiger partial charge < -0.3 is 4.90 Å². The Morgan fingerprint density at radius 2 is 2.14 bits per heavy atom. The maximum Gasteiger partial charge on any atom is 0.288 e. The van der Waals surface area contributed by atoms with Crippen molar-refractivity contribution >= 4 is 34.5 Å². The van der Waals surface area contributed by atoms with Gasteiger partial charge in [-0.2, -0.15) is 0 Å². The van der Waals surface area contributed by atoms with Gasteiger partial charge in [-0.25, -0.2) is 0 Å². The van der Waals surface area contributed by atoms with Gasteiger partial charge in [-0.1, -0.05) is 17.7 Å². The molecule has 7 heteroatoms. The number of rotatable bonds is 4. The summed E-state index contributed by atoms with van der Waals surface area (Å²) >= 11 is 7.31. The summed E-state index contributed by atoms with van der Waals surface area (Å²) in [6, 6.07) is 7.84. The maximum atomic E-state index is 12.4. The van der Waals surface area contributed by atoms with Crippen LogP contribution in [0.2, 0.25) is 5.02 Å². The Morgan fingerprint density at radius 1 is 1.43 bits per heavy atom. The second-order valence-electron chi connectivity index (χ2n) is 4.53. The summed E-state index contributed by atoms with van der Waals surface area (Å²) < 4.78 is 0. The number of halogens is 1. The van der Waals surface area contributed by atoms with E-state index in [0.717, 1.165) is 4.88 Å². The Hall–Kier alpha value is -1.92. The van der Waals surface area contributed by atoms with Gasteiger partial charge in [0.2, 0.25) is 0 Å². The van der Waals surface area contributed by atoms with E-state index in [1.165, 1.54) is 18.2 Å². The third-order valence-electron chi connectivity index (χ3n) is 3.25. The number of carbonyl (C=O) groups is 1. The lowest BCUT2D eigenvalue weighted by Gasteiger charge is -2.24. The smallest absolute Gasteiger partial charge is 0.288 e. The molecule has 5 nitrogen and oxygen atoms in total. The largest absolute Gasteiger partial charge is 0.334 e. The highest BCUT2D eigenvalue weighted by Crippen LogP contribution is 2.28. The van der Waals surface area contributed by atoms with Crippen molar-refractivity contribution in [2.75, 3.05) is 7.05 Å². The average molecular weight is 325 g/mol. The number of nitrogens with zero attached hydrogens (tertiary/aromatic N) is 2. The van der Waals surface area contributed by atoms with Crippen molar-refractivity contribution in [3.63, 3.8) is 0 Å². The molecule has 1 aromatic carbocycles. The van der Waals surface area contributed by atoms with E-state index >= 15 is 0 Å². The van der Waals surface area contributed by atoms with Crippen LogP contribution in [0.15, 0.2) is 35.7 Å². The topological polar surface area (TPSA) is 63.5 Å². The van der Waals surface area contributed by atoms with E-state index in [-0.39, 0.29) is 28.2 Å². The first-order valence-corrected chi connectivity index (χ1v) is 7.42. The van der Waals surface area contributed by atoms with Gasteiger partial charge >= 0.3 is 0 Å². The van der Waals surface area contributed by atoms with Crippen molar-refractivity contribution in [2.24, 2.45) is 0 Å². The lowest BCUT2D eigenvalue weighted by atomic mass is 10.1. The fraction of sp³-hybridized carbons (Fsp3) is 0.214. The Labute approximate surface area is 130 Å². The summed E-state index contributed by atoms with van der Waals surface area (Å²) in [4.78, 5) is 25.3. The summed E-state index contributed by atoms with van der Waals surface area (Å²) in [5.74, 6) is -0.282. The molecular formula is C14H13ClN2O3S. The molecule has 0 aliphatic heterocycles. The van der Waals surface area contributed by atoms with E-state index < -0.39 is 4.92 Å². The van der Waals surface area contributed by atoms with Gasteiger partial charge in [0, 0.05) is 23.6 Å². The molecule has 110 valence electrons. The zero-order valence-electron chi connectivity index (χ0n) is 11.4. The maximum absolute atomic E-state index is 12.4. The van der Waals surface area contributed by atoms with Gasteiger partial charge in [0.25, 0.3) is 11.6 Å². The SMILES string of the molecule is CC(c1cccs1)N(C)C(=O)c1ccc(Cl)c([N+](=O)[O-])c1. The van der Waals surface area contributed by atoms with Crippen LogP contribution in [0.25, 0.3) is 0 Å². The van der Waals surface area contributed by atoms with E-state index in [1.807, 2.05) is 24.4 Å². The van der Waals surface area contributed by atoms with Gasteiger partial charge in [-0.15, -0.1) is 11.3 Å². The number of amides is 1. The van der Waals surface area contributed by atoms with Crippen LogP contribution in [-0.2, 0) is 0 Å². The molecule has 0 saturated heterocycles. The summed E-state index contributed by atoms with van der Waals surface area (Å²) in [7, 11) is 1.67. The van der Waals surface area contributed by atoms with Gasteiger partial charge in [0.1, 0.15) is 5.02 Å². The van der Waals surface area contributed by atoms with Crippen molar-refractivity contribution in [2.45, 2.75) is 13.0 Å². The molecule has 1 aromatic heterocycles. The quantitative estimate of drug-likeness (QED) is 0.627. The van der Waals surface area contributed by atoms with Crippen molar-refractivity contribution in [1.29, 1.82) is 0 Å². The van der Waals surface area contributed by atoms with Crippen LogP contribution in [0, 0.1) is 10.1 Å². The van der Waals surface area contributed by atoms with Crippen molar-refractivity contribution in [3.05, 3.63) is 61.3 Å². The van der Waals surface area contributed by atoms with E-state index in [9.17, 15) is 14.9 Å². The molecule has 0 saturated carbocycles. The molecule has 0 fully saturated rings. The number of nitro benzene ring substituents is 1. The molecular weight excluding hydrogens is 312 g/mol. The zero-order chi connectivity index (χ0) is 15.6. The minimum absolute atomic E-state index is 0.0190. The van der Waals surface area contributed by atoms with Crippen LogP contribution in [0.1, 0.15) is 28.2 Å². The molecule has 21 heavy (non-hydrogen) atoms. The molecule has 1 amide bonds. The summed E-state index contributed by atoms with van der Waals surface area (Å²) in [5, 5.41) is 12.8. The van der Waals surface area contributed by atoms with Crippen molar-refractivity contribution in [3.8, 4) is 0 Å². The molecule has 0 radical (unpaired) electrons. The lowest BCUT2D eigenvalue weighted by Crippen LogP contribution is -2.29. The first-order valence-electron chi connectivity index (χ1n) is 6.16. The normalized spacial score (nSPS) is 12.0. The lowest BCUT2D eigenvalue weighted by molar-refractivity contribution is -0.384. The predicted octanol–water partition coefficient (Wildman–Crippen LogP) is 4.14. The third kappa shape index (κ3) is 3.22. The molecule has 1 heterocycles. The van der Waals surface area contributed by atoms with Crippen LogP contribution in [0.3, 0.4) is 0 Å². The fourth-order valence-corrected chi connectivity index (χ4v) is 2.90. The van der Waals surface area contributed by atoms with Crippen LogP contribution >= 0.6 is 22.9 Å². The molecule has 0 aliphatic carbocycles. The summed E-state index contributed by atoms with van der Waals surface area (Å²) in [6.07, 6.45) is 0. The Bertz CT molecular complexity index is 673. The van der Waals surface area contributed by atoms with Crippen LogP contribution in [0.5, 0.6) is 0 Å². The zero-order valence-corrected chi connectivity index (χ0v) is 13.0. The molecule has 1 atom stereocenters. The number of benzene rings is 1. The monoisotopic (exact) mass is 324 g/mol. The Morgan fingerprint density at radius 3 is 2.71 bits per heavy atom. The van der Waals surface area contributed by atoms with Gasteiger partial charge in [0.15, 0.2) is 0 Å². The highest BCUT2D eigenvalue weighted by atomic mass is 35.5. The minimum Gasteiger partial charge on any atom is -0.334 e. The summed E-state index contributed by atoms with van der Waals surface area (Å²) in [6.45, 7) is 1.91. The number of nitro groups is 1. The Balaban J connectivity index is 2.27. The second kappa shape index (κ2) is 6.24. The number of hydrogen-bond donors (Lipinski definition) is 0. The highest BCUT2D eigenvalue weighted by molar-refractivity contribution is 7.10. The molecule has 0 spiro atoms. The van der Waals surface area contributed by atoms with E-state index in [2.05, 4.69) is 0 Å². The van der Waals surface area contributed by atoms with Crippen molar-refractivity contribution in [1.82, 2.24) is 4.90 Å².